The molecule has 0 radical (unpaired) electrons. The number of hydrogen-bond acceptors (Lipinski definition) is 3. The van der Waals surface area contributed by atoms with E-state index in [2.05, 4.69) is 15.6 Å². The summed E-state index contributed by atoms with van der Waals surface area (Å²) in [5.41, 5.74) is -0.120. The zero-order valence-corrected chi connectivity index (χ0v) is 16.8. The topological polar surface area (TPSA) is 69.8 Å². The van der Waals surface area contributed by atoms with Gasteiger partial charge in [-0.1, -0.05) is 12.1 Å². The second-order valence-corrected chi connectivity index (χ2v) is 5.75. The first-order valence-corrected chi connectivity index (χ1v) is 8.04. The summed E-state index contributed by atoms with van der Waals surface area (Å²) in [5.74, 6) is 0.863. The van der Waals surface area contributed by atoms with Crippen molar-refractivity contribution < 1.29 is 13.9 Å². The number of aliphatic hydroxyl groups is 1. The summed E-state index contributed by atoms with van der Waals surface area (Å²) in [6.07, 6.45) is 2.28. The van der Waals surface area contributed by atoms with Crippen molar-refractivity contribution in [3.05, 3.63) is 59.8 Å². The molecule has 0 fully saturated rings. The molecule has 5 nitrogen and oxygen atoms in total. The lowest BCUT2D eigenvalue weighted by atomic mass is 10.0. The van der Waals surface area contributed by atoms with Crippen molar-refractivity contribution in [1.82, 2.24) is 10.6 Å². The molecule has 2 aromatic rings. The van der Waals surface area contributed by atoms with E-state index in [1.807, 2.05) is 6.92 Å². The molecule has 25 heavy (non-hydrogen) atoms. The lowest BCUT2D eigenvalue weighted by Gasteiger charge is -2.19. The van der Waals surface area contributed by atoms with Gasteiger partial charge >= 0.3 is 0 Å². The molecule has 0 aliphatic carbocycles. The molecule has 1 atom stereocenters. The highest BCUT2D eigenvalue weighted by molar-refractivity contribution is 14.0. The maximum atomic E-state index is 12.9. The highest BCUT2D eigenvalue weighted by Gasteiger charge is 2.25. The molecular formula is C18H25FIN3O2. The smallest absolute Gasteiger partial charge is 0.191 e. The fraction of sp³-hybridized carbons (Fsp3) is 0.389. The number of hydrogen-bond donors (Lipinski definition) is 3. The van der Waals surface area contributed by atoms with Crippen LogP contribution in [0.3, 0.4) is 0 Å². The van der Waals surface area contributed by atoms with Gasteiger partial charge in [-0.2, -0.15) is 0 Å². The molecule has 1 unspecified atom stereocenters. The van der Waals surface area contributed by atoms with Crippen LogP contribution >= 0.6 is 24.0 Å². The van der Waals surface area contributed by atoms with Crippen molar-refractivity contribution >= 4 is 29.9 Å². The molecule has 0 amide bonds. The van der Waals surface area contributed by atoms with Crippen LogP contribution < -0.4 is 10.6 Å². The van der Waals surface area contributed by atoms with Crippen LogP contribution in [0, 0.1) is 5.82 Å². The zero-order valence-electron chi connectivity index (χ0n) is 14.5. The molecule has 0 spiro atoms. The fourth-order valence-electron chi connectivity index (χ4n) is 2.21. The molecule has 138 valence electrons. The van der Waals surface area contributed by atoms with Gasteiger partial charge in [0.05, 0.1) is 12.8 Å². The molecule has 1 aromatic carbocycles. The summed E-state index contributed by atoms with van der Waals surface area (Å²) in [7, 11) is 0. The molecule has 0 aliphatic rings. The molecule has 0 aliphatic heterocycles. The molecule has 0 saturated heterocycles. The Kier molecular flexibility index (Phi) is 8.91. The molecule has 0 bridgehead atoms. The number of nitrogens with zero attached hydrogens (tertiary/aromatic N) is 1. The van der Waals surface area contributed by atoms with E-state index < -0.39 is 5.60 Å². The van der Waals surface area contributed by atoms with Crippen molar-refractivity contribution in [2.24, 2.45) is 4.99 Å². The van der Waals surface area contributed by atoms with Gasteiger partial charge in [-0.15, -0.1) is 24.0 Å². The van der Waals surface area contributed by atoms with Gasteiger partial charge in [0.15, 0.2) is 5.96 Å². The average Bonchev–Trinajstić information content (AvgIpc) is 3.10. The van der Waals surface area contributed by atoms with E-state index in [-0.39, 0.29) is 36.3 Å². The first-order chi connectivity index (χ1) is 11.5. The molecule has 0 saturated carbocycles. The Bertz CT molecular complexity index is 643. The quantitative estimate of drug-likeness (QED) is 0.337. The van der Waals surface area contributed by atoms with Crippen molar-refractivity contribution in [2.45, 2.75) is 25.9 Å². The van der Waals surface area contributed by atoms with Crippen LogP contribution in [0.2, 0.25) is 0 Å². The lowest BCUT2D eigenvalue weighted by Crippen LogP contribution is -2.39. The van der Waals surface area contributed by atoms with E-state index in [1.165, 1.54) is 18.4 Å². The summed E-state index contributed by atoms with van der Waals surface area (Å²) < 4.78 is 18.1. The second-order valence-electron chi connectivity index (χ2n) is 5.75. The summed E-state index contributed by atoms with van der Waals surface area (Å²) in [5, 5.41) is 16.8. The molecule has 1 aromatic heterocycles. The predicted molar refractivity (Wildman–Crippen MR) is 108 cm³/mol. The van der Waals surface area contributed by atoms with Crippen molar-refractivity contribution in [1.29, 1.82) is 0 Å². The van der Waals surface area contributed by atoms with E-state index in [0.717, 1.165) is 12.0 Å². The second kappa shape index (κ2) is 10.4. The van der Waals surface area contributed by atoms with Gasteiger partial charge < -0.3 is 20.2 Å². The minimum Gasteiger partial charge on any atom is -0.466 e. The number of nitrogens with one attached hydrogen (secondary N) is 2. The standard InChI is InChI=1S/C18H24FN3O2.HI/c1-3-20-17(21-11-10-14-6-8-15(19)9-7-14)22-13-18(2,23)16-5-4-12-24-16;/h4-9,12,23H,3,10-11,13H2,1-2H3,(H2,20,21,22);1H. The lowest BCUT2D eigenvalue weighted by molar-refractivity contribution is 0.0437. The van der Waals surface area contributed by atoms with E-state index in [9.17, 15) is 9.50 Å². The Morgan fingerprint density at radius 3 is 2.56 bits per heavy atom. The SMILES string of the molecule is CCNC(=NCC(C)(O)c1ccco1)NCCc1ccc(F)cc1.I. The first-order valence-electron chi connectivity index (χ1n) is 8.04. The predicted octanol–water partition coefficient (Wildman–Crippen LogP) is 3.04. The zero-order chi connectivity index (χ0) is 17.4. The Labute approximate surface area is 164 Å². The van der Waals surface area contributed by atoms with Gasteiger partial charge in [-0.05, 0) is 50.1 Å². The first kappa shape index (κ1) is 21.4. The Hall–Kier alpha value is -1.61. The molecule has 1 heterocycles. The highest BCUT2D eigenvalue weighted by Crippen LogP contribution is 2.20. The van der Waals surface area contributed by atoms with Crippen LogP contribution in [0.25, 0.3) is 0 Å². The van der Waals surface area contributed by atoms with Crippen molar-refractivity contribution in [3.8, 4) is 0 Å². The third-order valence-corrected chi connectivity index (χ3v) is 3.56. The molecule has 2 rings (SSSR count). The summed E-state index contributed by atoms with van der Waals surface area (Å²) >= 11 is 0. The Morgan fingerprint density at radius 2 is 1.96 bits per heavy atom. The van der Waals surface area contributed by atoms with E-state index >= 15 is 0 Å². The van der Waals surface area contributed by atoms with Crippen LogP contribution in [0.5, 0.6) is 0 Å². The van der Waals surface area contributed by atoms with Crippen LogP contribution in [0.1, 0.15) is 25.2 Å². The number of furan rings is 1. The summed E-state index contributed by atoms with van der Waals surface area (Å²) in [4.78, 5) is 4.41. The third kappa shape index (κ3) is 7.03. The van der Waals surface area contributed by atoms with E-state index in [4.69, 9.17) is 4.42 Å². The summed E-state index contributed by atoms with van der Waals surface area (Å²) in [6.45, 7) is 5.18. The molecular weight excluding hydrogens is 436 g/mol. The van der Waals surface area contributed by atoms with Gasteiger partial charge in [0, 0.05) is 13.1 Å². The van der Waals surface area contributed by atoms with Crippen LogP contribution in [-0.2, 0) is 12.0 Å². The normalized spacial score (nSPS) is 13.7. The highest BCUT2D eigenvalue weighted by atomic mass is 127. The van der Waals surface area contributed by atoms with Gasteiger partial charge in [-0.25, -0.2) is 9.38 Å². The van der Waals surface area contributed by atoms with E-state index in [1.54, 1.807) is 31.2 Å². The number of rotatable bonds is 7. The monoisotopic (exact) mass is 461 g/mol. The maximum absolute atomic E-state index is 12.9. The Morgan fingerprint density at radius 1 is 1.24 bits per heavy atom. The van der Waals surface area contributed by atoms with Crippen LogP contribution in [-0.4, -0.2) is 30.7 Å². The van der Waals surface area contributed by atoms with Gasteiger partial charge in [0.1, 0.15) is 17.2 Å². The van der Waals surface area contributed by atoms with Crippen LogP contribution in [0.4, 0.5) is 4.39 Å². The molecule has 3 N–H and O–H groups in total. The van der Waals surface area contributed by atoms with Crippen molar-refractivity contribution in [3.63, 3.8) is 0 Å². The number of aliphatic imine (C=N–C) groups is 1. The van der Waals surface area contributed by atoms with Gasteiger partial charge in [-0.3, -0.25) is 0 Å². The van der Waals surface area contributed by atoms with Gasteiger partial charge in [0.25, 0.3) is 0 Å². The van der Waals surface area contributed by atoms with Crippen LogP contribution in [0.15, 0.2) is 52.1 Å². The Balaban J connectivity index is 0.00000312. The van der Waals surface area contributed by atoms with E-state index in [0.29, 0.717) is 24.8 Å². The average molecular weight is 461 g/mol. The third-order valence-electron chi connectivity index (χ3n) is 3.56. The van der Waals surface area contributed by atoms with Gasteiger partial charge in [0.2, 0.25) is 0 Å². The fourth-order valence-corrected chi connectivity index (χ4v) is 2.21. The number of guanidine groups is 1. The summed E-state index contributed by atoms with van der Waals surface area (Å²) in [6, 6.07) is 9.90. The number of halogens is 2. The largest absolute Gasteiger partial charge is 0.466 e. The minimum absolute atomic E-state index is 0. The number of benzene rings is 1. The minimum atomic E-state index is -1.16. The molecule has 7 heteroatoms. The maximum Gasteiger partial charge on any atom is 0.191 e. The van der Waals surface area contributed by atoms with Crippen molar-refractivity contribution in [2.75, 3.05) is 19.6 Å².